The van der Waals surface area contributed by atoms with E-state index in [1.807, 2.05) is 44.2 Å². The third-order valence-corrected chi connectivity index (χ3v) is 2.29. The highest BCUT2D eigenvalue weighted by molar-refractivity contribution is 5.95. The van der Waals surface area contributed by atoms with Gasteiger partial charge in [0.1, 0.15) is 0 Å². The Kier molecular flexibility index (Phi) is 4.10. The summed E-state index contributed by atoms with van der Waals surface area (Å²) in [5, 5.41) is 0. The van der Waals surface area contributed by atoms with Gasteiger partial charge >= 0.3 is 0 Å². The number of benzene rings is 1. The molecule has 0 spiro atoms. The molecule has 0 atom stereocenters. The molecule has 0 saturated carbocycles. The second-order valence-corrected chi connectivity index (χ2v) is 3.34. The molecule has 2 nitrogen and oxygen atoms in total. The molecule has 2 heteroatoms. The zero-order valence-corrected chi connectivity index (χ0v) is 9.36. The second-order valence-electron chi connectivity index (χ2n) is 3.34. The van der Waals surface area contributed by atoms with Crippen LogP contribution in [-0.4, -0.2) is 5.91 Å². The van der Waals surface area contributed by atoms with Gasteiger partial charge in [0.25, 0.3) is 0 Å². The number of anilines is 1. The summed E-state index contributed by atoms with van der Waals surface area (Å²) in [5.41, 5.74) is 1.74. The lowest BCUT2D eigenvalue weighted by atomic mass is 10.2. The van der Waals surface area contributed by atoms with Gasteiger partial charge in [-0.1, -0.05) is 38.6 Å². The van der Waals surface area contributed by atoms with Crippen LogP contribution in [0.15, 0.2) is 42.6 Å². The normalized spacial score (nSPS) is 9.73. The lowest BCUT2D eigenvalue weighted by Gasteiger charge is -2.23. The molecule has 0 N–H and O–H groups in total. The summed E-state index contributed by atoms with van der Waals surface area (Å²) in [6, 6.07) is 9.64. The Morgan fingerprint density at radius 1 is 1.20 bits per heavy atom. The van der Waals surface area contributed by atoms with Crippen LogP contribution in [0.4, 0.5) is 5.69 Å². The number of carbonyl (C=O) groups is 1. The molecule has 0 radical (unpaired) electrons. The molecule has 0 aromatic heterocycles. The van der Waals surface area contributed by atoms with Crippen LogP contribution < -0.4 is 4.90 Å². The highest BCUT2D eigenvalue weighted by atomic mass is 16.2. The zero-order chi connectivity index (χ0) is 11.3. The lowest BCUT2D eigenvalue weighted by Crippen LogP contribution is -2.28. The molecule has 0 bridgehead atoms. The molecule has 1 amide bonds. The molecule has 80 valence electrons. The minimum absolute atomic E-state index is 0.0908. The molecule has 1 aromatic carbocycles. The average molecular weight is 203 g/mol. The Bertz CT molecular complexity index is 327. The summed E-state index contributed by atoms with van der Waals surface area (Å²) in [4.78, 5) is 13.5. The molecule has 0 saturated heterocycles. The number of amides is 1. The summed E-state index contributed by atoms with van der Waals surface area (Å²) < 4.78 is 0. The van der Waals surface area contributed by atoms with E-state index >= 15 is 0 Å². The Balaban J connectivity index is 3.02. The van der Waals surface area contributed by atoms with Gasteiger partial charge in [-0.05, 0) is 18.6 Å². The molecule has 0 aliphatic carbocycles. The van der Waals surface area contributed by atoms with Gasteiger partial charge < -0.3 is 0 Å². The fourth-order valence-electron chi connectivity index (χ4n) is 1.40. The molecular formula is C13H17NO. The fraction of sp³-hybridized carbons (Fsp3) is 0.308. The minimum atomic E-state index is 0.0908. The number of hydrogen-bond donors (Lipinski definition) is 0. The number of allylic oxidation sites excluding steroid dienone is 1. The lowest BCUT2D eigenvalue weighted by molar-refractivity contribution is -0.117. The topological polar surface area (TPSA) is 20.3 Å². The van der Waals surface area contributed by atoms with Gasteiger partial charge in [-0.3, -0.25) is 9.69 Å². The van der Waals surface area contributed by atoms with Crippen molar-refractivity contribution in [3.05, 3.63) is 42.6 Å². The summed E-state index contributed by atoms with van der Waals surface area (Å²) in [5.74, 6) is 0.0908. The van der Waals surface area contributed by atoms with Crippen LogP contribution in [0.5, 0.6) is 0 Å². The van der Waals surface area contributed by atoms with Gasteiger partial charge in [0.15, 0.2) is 0 Å². The van der Waals surface area contributed by atoms with Crippen molar-refractivity contribution in [3.8, 4) is 0 Å². The van der Waals surface area contributed by atoms with Gasteiger partial charge in [-0.15, -0.1) is 0 Å². The molecule has 0 fully saturated rings. The van der Waals surface area contributed by atoms with Crippen molar-refractivity contribution in [3.63, 3.8) is 0 Å². The maximum atomic E-state index is 11.8. The van der Waals surface area contributed by atoms with Crippen molar-refractivity contribution in [2.45, 2.75) is 26.7 Å². The Hall–Kier alpha value is -1.57. The van der Waals surface area contributed by atoms with Crippen molar-refractivity contribution < 1.29 is 4.79 Å². The third kappa shape index (κ3) is 2.69. The van der Waals surface area contributed by atoms with E-state index in [-0.39, 0.29) is 5.91 Å². The predicted molar refractivity (Wildman–Crippen MR) is 63.7 cm³/mol. The number of carbonyl (C=O) groups excluding carboxylic acids is 1. The van der Waals surface area contributed by atoms with Crippen LogP contribution in [0.25, 0.3) is 0 Å². The second kappa shape index (κ2) is 5.35. The van der Waals surface area contributed by atoms with Gasteiger partial charge in [-0.25, -0.2) is 0 Å². The number of para-hydroxylation sites is 1. The van der Waals surface area contributed by atoms with Crippen LogP contribution >= 0.6 is 0 Å². The summed E-state index contributed by atoms with van der Waals surface area (Å²) >= 11 is 0. The summed E-state index contributed by atoms with van der Waals surface area (Å²) in [6.45, 7) is 7.79. The van der Waals surface area contributed by atoms with E-state index < -0.39 is 0 Å². The maximum Gasteiger partial charge on any atom is 0.230 e. The smallest absolute Gasteiger partial charge is 0.230 e. The first-order chi connectivity index (χ1) is 7.20. The van der Waals surface area contributed by atoms with Crippen LogP contribution in [0.3, 0.4) is 0 Å². The van der Waals surface area contributed by atoms with Crippen LogP contribution in [0.2, 0.25) is 0 Å². The van der Waals surface area contributed by atoms with Crippen molar-refractivity contribution in [2.75, 3.05) is 4.90 Å². The quantitative estimate of drug-likeness (QED) is 0.734. The number of hydrogen-bond acceptors (Lipinski definition) is 1. The Morgan fingerprint density at radius 3 is 2.27 bits per heavy atom. The summed E-state index contributed by atoms with van der Waals surface area (Å²) in [6.07, 6.45) is 1.27. The Labute approximate surface area is 91.2 Å². The molecule has 0 unspecified atom stereocenters. The van der Waals surface area contributed by atoms with Crippen LogP contribution in [-0.2, 0) is 4.79 Å². The highest BCUT2D eigenvalue weighted by Crippen LogP contribution is 2.20. The predicted octanol–water partition coefficient (Wildman–Crippen LogP) is 3.35. The number of rotatable bonds is 4. The van der Waals surface area contributed by atoms with Crippen LogP contribution in [0.1, 0.15) is 26.7 Å². The monoisotopic (exact) mass is 203 g/mol. The minimum Gasteiger partial charge on any atom is -0.285 e. The molecule has 0 heterocycles. The first-order valence-corrected chi connectivity index (χ1v) is 5.26. The van der Waals surface area contributed by atoms with E-state index in [0.717, 1.165) is 17.8 Å². The molecule has 1 rings (SSSR count). The van der Waals surface area contributed by atoms with E-state index in [4.69, 9.17) is 0 Å². The fourth-order valence-corrected chi connectivity index (χ4v) is 1.40. The molecule has 1 aromatic rings. The van der Waals surface area contributed by atoms with Gasteiger partial charge in [-0.2, -0.15) is 0 Å². The van der Waals surface area contributed by atoms with E-state index in [1.54, 1.807) is 4.90 Å². The van der Waals surface area contributed by atoms with Crippen molar-refractivity contribution in [1.82, 2.24) is 0 Å². The SMILES string of the molecule is C=C(CC)N(C(=O)CC)c1ccccc1. The largest absolute Gasteiger partial charge is 0.285 e. The first kappa shape index (κ1) is 11.5. The third-order valence-electron chi connectivity index (χ3n) is 2.29. The molecular weight excluding hydrogens is 186 g/mol. The molecule has 0 aliphatic heterocycles. The standard InChI is InChI=1S/C13H17NO/c1-4-11(3)14(13(15)5-2)12-9-7-6-8-10-12/h6-10H,3-5H2,1-2H3. The van der Waals surface area contributed by atoms with Gasteiger partial charge in [0, 0.05) is 17.8 Å². The van der Waals surface area contributed by atoms with Crippen LogP contribution in [0, 0.1) is 0 Å². The van der Waals surface area contributed by atoms with Gasteiger partial charge in [0.05, 0.1) is 0 Å². The molecule has 15 heavy (non-hydrogen) atoms. The van der Waals surface area contributed by atoms with E-state index in [1.165, 1.54) is 0 Å². The zero-order valence-electron chi connectivity index (χ0n) is 9.36. The highest BCUT2D eigenvalue weighted by Gasteiger charge is 2.15. The molecule has 0 aliphatic rings. The van der Waals surface area contributed by atoms with Crippen molar-refractivity contribution >= 4 is 11.6 Å². The number of nitrogens with zero attached hydrogens (tertiary/aromatic N) is 1. The van der Waals surface area contributed by atoms with E-state index in [2.05, 4.69) is 6.58 Å². The van der Waals surface area contributed by atoms with E-state index in [9.17, 15) is 4.79 Å². The van der Waals surface area contributed by atoms with Crippen molar-refractivity contribution in [1.29, 1.82) is 0 Å². The van der Waals surface area contributed by atoms with Crippen molar-refractivity contribution in [2.24, 2.45) is 0 Å². The average Bonchev–Trinajstić information content (AvgIpc) is 2.30. The Morgan fingerprint density at radius 2 is 1.80 bits per heavy atom. The maximum absolute atomic E-state index is 11.8. The van der Waals surface area contributed by atoms with E-state index in [0.29, 0.717) is 6.42 Å². The first-order valence-electron chi connectivity index (χ1n) is 5.26. The van der Waals surface area contributed by atoms with Gasteiger partial charge in [0.2, 0.25) is 5.91 Å². The summed E-state index contributed by atoms with van der Waals surface area (Å²) in [7, 11) is 0.